The van der Waals surface area contributed by atoms with E-state index in [4.69, 9.17) is 25.8 Å². The highest BCUT2D eigenvalue weighted by atomic mass is 35.5. The molecule has 0 fully saturated rings. The van der Waals surface area contributed by atoms with E-state index in [-0.39, 0.29) is 24.7 Å². The van der Waals surface area contributed by atoms with Crippen LogP contribution in [0.5, 0.6) is 0 Å². The van der Waals surface area contributed by atoms with Crippen LogP contribution in [0.2, 0.25) is 5.02 Å². The van der Waals surface area contributed by atoms with E-state index < -0.39 is 56.3 Å². The van der Waals surface area contributed by atoms with E-state index in [0.29, 0.717) is 22.8 Å². The van der Waals surface area contributed by atoms with Gasteiger partial charge in [0.25, 0.3) is 0 Å². The summed E-state index contributed by atoms with van der Waals surface area (Å²) < 4.78 is 44.0. The van der Waals surface area contributed by atoms with Crippen LogP contribution in [0.15, 0.2) is 47.4 Å². The molecule has 13 heteroatoms. The molecule has 262 valence electrons. The number of rotatable bonds is 13. The van der Waals surface area contributed by atoms with Crippen LogP contribution in [0.3, 0.4) is 0 Å². The zero-order valence-electron chi connectivity index (χ0n) is 29.0. The van der Waals surface area contributed by atoms with Crippen molar-refractivity contribution in [3.8, 4) is 0 Å². The second-order valence-corrected chi connectivity index (χ2v) is 16.4. The average Bonchev–Trinajstić information content (AvgIpc) is 3.31. The maximum atomic E-state index is 13.1. The Bertz CT molecular complexity index is 1740. The van der Waals surface area contributed by atoms with E-state index in [2.05, 4.69) is 0 Å². The molecule has 0 spiro atoms. The van der Waals surface area contributed by atoms with Crippen LogP contribution in [0.25, 0.3) is 10.9 Å². The van der Waals surface area contributed by atoms with Crippen molar-refractivity contribution in [2.45, 2.75) is 66.3 Å². The molecule has 1 aromatic heterocycles. The SMILES string of the molecule is Cc1cc(Cl)c2cc(N(C=O)[C@H](C)c3ccc(S(=O)(=O)CC(=O)OCC(COC(=O)C(C)(C)C)COC(=O)C(C)(C)C)cc3)n(C)c2c1. The first-order valence-electron chi connectivity index (χ1n) is 15.5. The second kappa shape index (κ2) is 15.1. The fourth-order valence-corrected chi connectivity index (χ4v) is 6.10. The van der Waals surface area contributed by atoms with Gasteiger partial charge in [-0.15, -0.1) is 0 Å². The molecule has 0 aliphatic rings. The monoisotopic (exact) mass is 704 g/mol. The minimum atomic E-state index is -4.10. The number of benzene rings is 2. The molecular formula is C35H45ClN2O9S. The Balaban J connectivity index is 1.69. The van der Waals surface area contributed by atoms with Gasteiger partial charge in [0.2, 0.25) is 6.41 Å². The Morgan fingerprint density at radius 3 is 1.92 bits per heavy atom. The van der Waals surface area contributed by atoms with E-state index in [1.807, 2.05) is 43.7 Å². The van der Waals surface area contributed by atoms with Gasteiger partial charge >= 0.3 is 17.9 Å². The number of aromatic nitrogens is 1. The lowest BCUT2D eigenvalue weighted by molar-refractivity contribution is -0.161. The molecule has 11 nitrogen and oxygen atoms in total. The van der Waals surface area contributed by atoms with Crippen molar-refractivity contribution in [3.63, 3.8) is 0 Å². The lowest BCUT2D eigenvalue weighted by Gasteiger charge is -2.26. The Hall–Kier alpha value is -3.90. The highest BCUT2D eigenvalue weighted by Gasteiger charge is 2.29. The number of carbonyl (C=O) groups excluding carboxylic acids is 4. The standard InChI is InChI=1S/C35H45ClN2O9S/c1-22-14-28(36)27-16-30(37(9)29(27)15-22)38(21-39)23(2)25-10-12-26(13-11-25)48(43,44)20-31(40)45-17-24(18-46-32(41)34(3,4)5)19-47-33(42)35(6,7)8/h10-16,21,23-24H,17-20H2,1-9H3/t23-/m1/s1. The third kappa shape index (κ3) is 9.59. The van der Waals surface area contributed by atoms with Gasteiger partial charge in [0.05, 0.1) is 38.2 Å². The summed E-state index contributed by atoms with van der Waals surface area (Å²) in [7, 11) is -2.26. The minimum absolute atomic E-state index is 0.102. The van der Waals surface area contributed by atoms with Crippen molar-refractivity contribution in [3.05, 3.63) is 58.6 Å². The molecule has 2 aromatic carbocycles. The zero-order chi connectivity index (χ0) is 36.2. The van der Waals surface area contributed by atoms with Crippen LogP contribution in [0.4, 0.5) is 5.82 Å². The summed E-state index contributed by atoms with van der Waals surface area (Å²) in [6.07, 6.45) is 0.710. The third-order valence-corrected chi connectivity index (χ3v) is 9.58. The number of anilines is 1. The third-order valence-electron chi connectivity index (χ3n) is 7.66. The van der Waals surface area contributed by atoms with Gasteiger partial charge in [-0.2, -0.15) is 0 Å². The molecule has 48 heavy (non-hydrogen) atoms. The fourth-order valence-electron chi connectivity index (χ4n) is 4.67. The lowest BCUT2D eigenvalue weighted by atomic mass is 9.97. The molecule has 3 aromatic rings. The van der Waals surface area contributed by atoms with Crippen LogP contribution >= 0.6 is 11.6 Å². The molecule has 0 aliphatic carbocycles. The topological polar surface area (TPSA) is 138 Å². The molecule has 1 amide bonds. The number of hydrogen-bond acceptors (Lipinski definition) is 9. The summed E-state index contributed by atoms with van der Waals surface area (Å²) in [5, 5.41) is 1.37. The van der Waals surface area contributed by atoms with Gasteiger partial charge in [0, 0.05) is 12.4 Å². The number of nitrogens with zero attached hydrogens (tertiary/aromatic N) is 2. The maximum Gasteiger partial charge on any atom is 0.321 e. The van der Waals surface area contributed by atoms with Crippen molar-refractivity contribution in [1.82, 2.24) is 4.57 Å². The first kappa shape index (κ1) is 38.5. The normalized spacial score (nSPS) is 12.9. The Morgan fingerprint density at radius 2 is 1.42 bits per heavy atom. The first-order chi connectivity index (χ1) is 22.1. The minimum Gasteiger partial charge on any atom is -0.465 e. The molecule has 0 saturated carbocycles. The first-order valence-corrected chi connectivity index (χ1v) is 17.5. The van der Waals surface area contributed by atoms with Crippen molar-refractivity contribution in [1.29, 1.82) is 0 Å². The van der Waals surface area contributed by atoms with E-state index >= 15 is 0 Å². The van der Waals surface area contributed by atoms with Crippen LogP contribution in [0, 0.1) is 23.7 Å². The molecule has 0 saturated heterocycles. The maximum absolute atomic E-state index is 13.1. The van der Waals surface area contributed by atoms with E-state index in [0.717, 1.165) is 16.5 Å². The number of fused-ring (bicyclic) bond motifs is 1. The number of halogens is 1. The molecular weight excluding hydrogens is 660 g/mol. The highest BCUT2D eigenvalue weighted by molar-refractivity contribution is 7.92. The average molecular weight is 705 g/mol. The van der Waals surface area contributed by atoms with Crippen molar-refractivity contribution >= 4 is 62.5 Å². The Morgan fingerprint density at radius 1 is 0.896 bits per heavy atom. The van der Waals surface area contributed by atoms with Gasteiger partial charge in [0.1, 0.15) is 25.6 Å². The van der Waals surface area contributed by atoms with Gasteiger partial charge in [-0.05, 0) is 96.8 Å². The number of sulfone groups is 1. The number of ether oxygens (including phenoxy) is 3. The Labute approximate surface area is 287 Å². The van der Waals surface area contributed by atoms with E-state index in [1.165, 1.54) is 17.0 Å². The number of esters is 3. The van der Waals surface area contributed by atoms with Gasteiger partial charge in [0.15, 0.2) is 15.6 Å². The number of amides is 1. The molecule has 0 unspecified atom stereocenters. The highest BCUT2D eigenvalue weighted by Crippen LogP contribution is 2.35. The molecule has 1 heterocycles. The fraction of sp³-hybridized carbons (Fsp3) is 0.486. The summed E-state index contributed by atoms with van der Waals surface area (Å²) in [5.74, 6) is -3.03. The van der Waals surface area contributed by atoms with Crippen LogP contribution in [0.1, 0.15) is 65.6 Å². The predicted molar refractivity (Wildman–Crippen MR) is 183 cm³/mol. The van der Waals surface area contributed by atoms with E-state index in [9.17, 15) is 27.6 Å². The molecule has 1 atom stereocenters. The van der Waals surface area contributed by atoms with Gasteiger partial charge in [-0.25, -0.2) is 8.42 Å². The van der Waals surface area contributed by atoms with Gasteiger partial charge in [-0.3, -0.25) is 24.1 Å². The molecule has 0 N–H and O–H groups in total. The number of hydrogen-bond donors (Lipinski definition) is 0. The summed E-state index contributed by atoms with van der Waals surface area (Å²) >= 11 is 6.46. The predicted octanol–water partition coefficient (Wildman–Crippen LogP) is 5.98. The summed E-state index contributed by atoms with van der Waals surface area (Å²) in [6.45, 7) is 13.1. The van der Waals surface area contributed by atoms with Gasteiger partial charge in [-0.1, -0.05) is 23.7 Å². The number of aryl methyl sites for hydroxylation is 2. The molecule has 0 radical (unpaired) electrons. The molecule has 3 rings (SSSR count). The lowest BCUT2D eigenvalue weighted by Crippen LogP contribution is -2.32. The van der Waals surface area contributed by atoms with Gasteiger partial charge < -0.3 is 18.8 Å². The van der Waals surface area contributed by atoms with Crippen molar-refractivity contribution in [2.24, 2.45) is 23.8 Å². The van der Waals surface area contributed by atoms with Crippen LogP contribution < -0.4 is 4.90 Å². The smallest absolute Gasteiger partial charge is 0.321 e. The van der Waals surface area contributed by atoms with Crippen molar-refractivity contribution < 1.29 is 41.8 Å². The number of carbonyl (C=O) groups is 4. The summed E-state index contributed by atoms with van der Waals surface area (Å²) in [4.78, 5) is 50.9. The molecule has 0 aliphatic heterocycles. The summed E-state index contributed by atoms with van der Waals surface area (Å²) in [6, 6.07) is 11.1. The quantitative estimate of drug-likeness (QED) is 0.120. The van der Waals surface area contributed by atoms with Crippen LogP contribution in [-0.2, 0) is 50.3 Å². The molecule has 0 bridgehead atoms. The zero-order valence-corrected chi connectivity index (χ0v) is 30.5. The Kier molecular flexibility index (Phi) is 12.1. The van der Waals surface area contributed by atoms with Crippen LogP contribution in [-0.4, -0.2) is 62.9 Å². The van der Waals surface area contributed by atoms with E-state index in [1.54, 1.807) is 53.7 Å². The summed E-state index contributed by atoms with van der Waals surface area (Å²) in [5.41, 5.74) is 0.952. The second-order valence-electron chi connectivity index (χ2n) is 14.0. The van der Waals surface area contributed by atoms with Crippen molar-refractivity contribution in [2.75, 3.05) is 30.5 Å². The largest absolute Gasteiger partial charge is 0.465 e.